The molecule has 0 atom stereocenters. The molecule has 0 saturated heterocycles. The summed E-state index contributed by atoms with van der Waals surface area (Å²) in [6.45, 7) is 0. The van der Waals surface area contributed by atoms with Gasteiger partial charge in [-0.2, -0.15) is 5.26 Å². The number of pyridine rings is 1. The lowest BCUT2D eigenvalue weighted by Gasteiger charge is -2.08. The van der Waals surface area contributed by atoms with Crippen LogP contribution in [-0.4, -0.2) is 18.0 Å². The topological polar surface area (TPSA) is 87.0 Å². The maximum Gasteiger partial charge on any atom is 0.267 e. The molecule has 0 fully saturated rings. The number of aromatic nitrogens is 1. The second-order valence-corrected chi connectivity index (χ2v) is 4.77. The van der Waals surface area contributed by atoms with Crippen molar-refractivity contribution in [1.82, 2.24) is 4.98 Å². The van der Waals surface area contributed by atoms with Gasteiger partial charge in [0.1, 0.15) is 17.4 Å². The summed E-state index contributed by atoms with van der Waals surface area (Å²) in [5, 5.41) is 14.9. The van der Waals surface area contributed by atoms with Crippen LogP contribution in [-0.2, 0) is 4.79 Å². The number of nitrogens with zero attached hydrogens (tertiary/aromatic N) is 2. The zero-order valence-electron chi connectivity index (χ0n) is 12.2. The summed E-state index contributed by atoms with van der Waals surface area (Å²) in [5.41, 5.74) is 1.05. The van der Waals surface area contributed by atoms with Crippen LogP contribution < -0.4 is 15.4 Å². The van der Waals surface area contributed by atoms with Crippen LogP contribution in [0, 0.1) is 11.3 Å². The second-order valence-electron chi connectivity index (χ2n) is 4.36. The summed E-state index contributed by atoms with van der Waals surface area (Å²) in [4.78, 5) is 16.0. The Morgan fingerprint density at radius 3 is 2.83 bits per heavy atom. The van der Waals surface area contributed by atoms with Gasteiger partial charge in [0.2, 0.25) is 0 Å². The van der Waals surface area contributed by atoms with Crippen LogP contribution >= 0.6 is 11.6 Å². The van der Waals surface area contributed by atoms with E-state index in [1.54, 1.807) is 42.7 Å². The van der Waals surface area contributed by atoms with Crippen LogP contribution in [0.4, 0.5) is 11.4 Å². The number of methoxy groups -OCH3 is 1. The van der Waals surface area contributed by atoms with Crippen molar-refractivity contribution in [2.75, 3.05) is 17.7 Å². The molecule has 7 heteroatoms. The Labute approximate surface area is 138 Å². The van der Waals surface area contributed by atoms with E-state index >= 15 is 0 Å². The first kappa shape index (κ1) is 16.3. The molecule has 0 spiro atoms. The van der Waals surface area contributed by atoms with Gasteiger partial charge in [0.05, 0.1) is 24.0 Å². The van der Waals surface area contributed by atoms with Crippen LogP contribution in [0.25, 0.3) is 0 Å². The van der Waals surface area contributed by atoms with Gasteiger partial charge in [0, 0.05) is 18.1 Å². The van der Waals surface area contributed by atoms with E-state index in [0.29, 0.717) is 22.1 Å². The highest BCUT2D eigenvalue weighted by Crippen LogP contribution is 2.27. The number of hydrogen-bond donors (Lipinski definition) is 2. The molecule has 1 heterocycles. The molecule has 6 nitrogen and oxygen atoms in total. The van der Waals surface area contributed by atoms with Crippen LogP contribution in [0.3, 0.4) is 0 Å². The third kappa shape index (κ3) is 4.46. The van der Waals surface area contributed by atoms with E-state index in [9.17, 15) is 4.79 Å². The first-order valence-electron chi connectivity index (χ1n) is 6.55. The third-order valence-corrected chi connectivity index (χ3v) is 3.11. The standard InChI is InChI=1S/C16H13ClN4O2/c1-23-15-5-4-12(7-14(15)17)21-16(22)11(8-18)9-20-13-3-2-6-19-10-13/h2-7,9-10,20H,1H3,(H,21,22)/b11-9-. The number of nitriles is 1. The van der Waals surface area contributed by atoms with E-state index in [2.05, 4.69) is 15.6 Å². The minimum Gasteiger partial charge on any atom is -0.495 e. The second kappa shape index (κ2) is 7.82. The molecule has 1 aromatic heterocycles. The van der Waals surface area contributed by atoms with Crippen LogP contribution in [0.2, 0.25) is 5.02 Å². The van der Waals surface area contributed by atoms with E-state index in [1.165, 1.54) is 13.3 Å². The maximum absolute atomic E-state index is 12.1. The van der Waals surface area contributed by atoms with Crippen LogP contribution in [0.15, 0.2) is 54.5 Å². The Kier molecular flexibility index (Phi) is 5.56. The zero-order valence-corrected chi connectivity index (χ0v) is 13.0. The Bertz CT molecular complexity index is 769. The molecule has 0 saturated carbocycles. The number of nitrogens with one attached hydrogen (secondary N) is 2. The number of halogens is 1. The average molecular weight is 329 g/mol. The lowest BCUT2D eigenvalue weighted by atomic mass is 10.2. The largest absolute Gasteiger partial charge is 0.495 e. The van der Waals surface area contributed by atoms with Crippen molar-refractivity contribution in [3.8, 4) is 11.8 Å². The predicted octanol–water partition coefficient (Wildman–Crippen LogP) is 3.20. The van der Waals surface area contributed by atoms with Gasteiger partial charge in [-0.3, -0.25) is 9.78 Å². The van der Waals surface area contributed by atoms with Gasteiger partial charge in [-0.25, -0.2) is 0 Å². The highest BCUT2D eigenvalue weighted by atomic mass is 35.5. The Morgan fingerprint density at radius 2 is 2.22 bits per heavy atom. The number of hydrogen-bond acceptors (Lipinski definition) is 5. The normalized spacial score (nSPS) is 10.6. The Balaban J connectivity index is 2.08. The van der Waals surface area contributed by atoms with Crippen molar-refractivity contribution < 1.29 is 9.53 Å². The first-order chi connectivity index (χ1) is 11.1. The molecule has 1 amide bonds. The number of ether oxygens (including phenoxy) is 1. The molecule has 0 unspecified atom stereocenters. The molecule has 0 aliphatic rings. The van der Waals surface area contributed by atoms with Crippen molar-refractivity contribution in [2.24, 2.45) is 0 Å². The molecule has 23 heavy (non-hydrogen) atoms. The molecule has 1 aromatic carbocycles. The fraction of sp³-hybridized carbons (Fsp3) is 0.0625. The summed E-state index contributed by atoms with van der Waals surface area (Å²) in [7, 11) is 1.50. The number of benzene rings is 1. The van der Waals surface area contributed by atoms with Crippen molar-refractivity contribution in [3.63, 3.8) is 0 Å². The van der Waals surface area contributed by atoms with Crippen molar-refractivity contribution in [1.29, 1.82) is 5.26 Å². The lowest BCUT2D eigenvalue weighted by Crippen LogP contribution is -2.14. The van der Waals surface area contributed by atoms with Crippen LogP contribution in [0.5, 0.6) is 5.75 Å². The molecule has 116 valence electrons. The Hall–Kier alpha value is -3.04. The minimum atomic E-state index is -0.551. The van der Waals surface area contributed by atoms with E-state index < -0.39 is 5.91 Å². The molecule has 0 aliphatic heterocycles. The lowest BCUT2D eigenvalue weighted by molar-refractivity contribution is -0.112. The summed E-state index contributed by atoms with van der Waals surface area (Å²) >= 11 is 5.99. The van der Waals surface area contributed by atoms with E-state index in [0.717, 1.165) is 0 Å². The van der Waals surface area contributed by atoms with Crippen molar-refractivity contribution in [2.45, 2.75) is 0 Å². The monoisotopic (exact) mass is 328 g/mol. The van der Waals surface area contributed by atoms with Gasteiger partial charge < -0.3 is 15.4 Å². The fourth-order valence-electron chi connectivity index (χ4n) is 1.69. The molecule has 2 rings (SSSR count). The van der Waals surface area contributed by atoms with E-state index in [4.69, 9.17) is 21.6 Å². The maximum atomic E-state index is 12.1. The Morgan fingerprint density at radius 1 is 1.39 bits per heavy atom. The van der Waals surface area contributed by atoms with Gasteiger partial charge >= 0.3 is 0 Å². The summed E-state index contributed by atoms with van der Waals surface area (Å²) in [6, 6.07) is 10.1. The zero-order chi connectivity index (χ0) is 16.7. The summed E-state index contributed by atoms with van der Waals surface area (Å²) in [6.07, 6.45) is 4.52. The number of anilines is 2. The molecule has 0 bridgehead atoms. The number of carbonyl (C=O) groups excluding carboxylic acids is 1. The minimum absolute atomic E-state index is 0.0826. The molecule has 0 aliphatic carbocycles. The van der Waals surface area contributed by atoms with Gasteiger partial charge in [0.25, 0.3) is 5.91 Å². The van der Waals surface area contributed by atoms with Gasteiger partial charge in [-0.1, -0.05) is 11.6 Å². The smallest absolute Gasteiger partial charge is 0.267 e. The summed E-state index contributed by atoms with van der Waals surface area (Å²) in [5.74, 6) is -0.0518. The van der Waals surface area contributed by atoms with Crippen LogP contribution in [0.1, 0.15) is 0 Å². The van der Waals surface area contributed by atoms with Gasteiger partial charge in [-0.15, -0.1) is 0 Å². The SMILES string of the molecule is COc1ccc(NC(=O)/C(C#N)=C\Nc2cccnc2)cc1Cl. The first-order valence-corrected chi connectivity index (χ1v) is 6.93. The highest BCUT2D eigenvalue weighted by molar-refractivity contribution is 6.32. The predicted molar refractivity (Wildman–Crippen MR) is 88.2 cm³/mol. The number of amides is 1. The number of rotatable bonds is 5. The molecular formula is C16H13ClN4O2. The van der Waals surface area contributed by atoms with Gasteiger partial charge in [0.15, 0.2) is 0 Å². The molecule has 0 radical (unpaired) electrons. The fourth-order valence-corrected chi connectivity index (χ4v) is 1.95. The van der Waals surface area contributed by atoms with E-state index in [1.807, 2.05) is 6.07 Å². The van der Waals surface area contributed by atoms with E-state index in [-0.39, 0.29) is 5.57 Å². The highest BCUT2D eigenvalue weighted by Gasteiger charge is 2.10. The third-order valence-electron chi connectivity index (χ3n) is 2.82. The molecule has 2 aromatic rings. The summed E-state index contributed by atoms with van der Waals surface area (Å²) < 4.78 is 5.04. The molecule has 2 N–H and O–H groups in total. The quantitative estimate of drug-likeness (QED) is 0.650. The van der Waals surface area contributed by atoms with Gasteiger partial charge in [-0.05, 0) is 30.3 Å². The van der Waals surface area contributed by atoms with Crippen molar-refractivity contribution in [3.05, 3.63) is 59.5 Å². The average Bonchev–Trinajstić information content (AvgIpc) is 2.56. The number of carbonyl (C=O) groups is 1. The molecular weight excluding hydrogens is 316 g/mol. The van der Waals surface area contributed by atoms with Crippen molar-refractivity contribution >= 4 is 28.9 Å².